The van der Waals surface area contributed by atoms with E-state index in [1.807, 2.05) is 0 Å². The topological polar surface area (TPSA) is 317 Å². The van der Waals surface area contributed by atoms with Crippen molar-refractivity contribution >= 4 is 70.0 Å². The fraction of sp³-hybridized carbons (Fsp3) is 0.404. The molecule has 0 bridgehead atoms. The molecule has 0 radical (unpaired) electrons. The first kappa shape index (κ1) is 54.9. The number of hydrogen-bond acceptors (Lipinski definition) is 20. The number of carbonyl (C=O) groups is 8. The third kappa shape index (κ3) is 18.7. The van der Waals surface area contributed by atoms with E-state index in [0.717, 1.165) is 13.8 Å². The molecule has 1 amide bonds. The SMILES string of the molecule is CC(=O)OCOC(=O)CN(CC(=O)OCOC(C)=O)c1ccc(-c2cc(=O)[nH]c3cc(NC(=O)CN4CCN(CC(=O)O)CCN(CC(=O)O)CCN(CC(=O)O)CC4)ccc23)cc1OCc1ccccn1. The molecule has 0 aliphatic carbocycles. The molecule has 25 nitrogen and oxygen atoms in total. The smallest absolute Gasteiger partial charge is 0.328 e. The van der Waals surface area contributed by atoms with Gasteiger partial charge in [0.2, 0.25) is 25.1 Å². The molecule has 2 aromatic carbocycles. The molecule has 4 aromatic rings. The lowest BCUT2D eigenvalue weighted by molar-refractivity contribution is -0.165. The normalized spacial score (nSPS) is 14.2. The Morgan fingerprint density at radius 3 is 1.67 bits per heavy atom. The van der Waals surface area contributed by atoms with E-state index in [0.29, 0.717) is 33.4 Å². The van der Waals surface area contributed by atoms with E-state index >= 15 is 0 Å². The second-order valence-electron chi connectivity index (χ2n) is 16.3. The Morgan fingerprint density at radius 2 is 1.18 bits per heavy atom. The number of carboxylic acid groups (broad SMARTS) is 3. The van der Waals surface area contributed by atoms with E-state index in [-0.39, 0.29) is 96.6 Å². The van der Waals surface area contributed by atoms with Crippen LogP contribution in [-0.2, 0) is 63.9 Å². The first-order valence-corrected chi connectivity index (χ1v) is 22.4. The van der Waals surface area contributed by atoms with Crippen LogP contribution in [0.15, 0.2) is 71.7 Å². The van der Waals surface area contributed by atoms with E-state index in [4.69, 9.17) is 23.7 Å². The van der Waals surface area contributed by atoms with E-state index in [1.54, 1.807) is 74.3 Å². The maximum atomic E-state index is 13.7. The zero-order valence-electron chi connectivity index (χ0n) is 39.6. The molecular formula is C47H56N8O17. The summed E-state index contributed by atoms with van der Waals surface area (Å²) < 4.78 is 25.8. The summed E-state index contributed by atoms with van der Waals surface area (Å²) in [4.78, 5) is 126. The number of nitrogens with zero attached hydrogens (tertiary/aromatic N) is 6. The maximum absolute atomic E-state index is 13.7. The van der Waals surface area contributed by atoms with E-state index in [1.165, 1.54) is 17.0 Å². The second kappa shape index (κ2) is 27.4. The number of amides is 1. The van der Waals surface area contributed by atoms with Crippen molar-refractivity contribution in [2.75, 3.05) is 115 Å². The number of carboxylic acids is 3. The number of benzene rings is 2. The van der Waals surface area contributed by atoms with Crippen molar-refractivity contribution in [3.05, 3.63) is 82.9 Å². The van der Waals surface area contributed by atoms with Gasteiger partial charge < -0.3 is 54.2 Å². The average Bonchev–Trinajstić information content (AvgIpc) is 3.30. The minimum atomic E-state index is -1.08. The average molecular weight is 1010 g/mol. The third-order valence-corrected chi connectivity index (χ3v) is 10.8. The van der Waals surface area contributed by atoms with Crippen molar-refractivity contribution in [3.63, 3.8) is 0 Å². The molecule has 386 valence electrons. The van der Waals surface area contributed by atoms with Crippen LogP contribution in [0, 0.1) is 0 Å². The maximum Gasteiger partial charge on any atom is 0.328 e. The zero-order chi connectivity index (χ0) is 52.2. The number of aromatic amines is 1. The molecule has 1 saturated heterocycles. The van der Waals surface area contributed by atoms with Gasteiger partial charge >= 0.3 is 41.8 Å². The van der Waals surface area contributed by atoms with E-state index < -0.39 is 79.9 Å². The number of esters is 4. The Hall–Kier alpha value is -8.00. The molecule has 1 fully saturated rings. The summed E-state index contributed by atoms with van der Waals surface area (Å²) in [5, 5.41) is 32.0. The van der Waals surface area contributed by atoms with Crippen molar-refractivity contribution in [1.29, 1.82) is 0 Å². The highest BCUT2D eigenvalue weighted by Gasteiger charge is 2.24. The number of H-pyrrole nitrogens is 1. The minimum absolute atomic E-state index is 0.0793. The number of anilines is 2. The lowest BCUT2D eigenvalue weighted by Gasteiger charge is -2.32. The van der Waals surface area contributed by atoms with Crippen LogP contribution >= 0.6 is 0 Å². The summed E-state index contributed by atoms with van der Waals surface area (Å²) in [5.41, 5.74) is 1.74. The first-order valence-electron chi connectivity index (χ1n) is 22.4. The molecular weight excluding hydrogens is 949 g/mol. The second-order valence-corrected chi connectivity index (χ2v) is 16.3. The molecule has 0 atom stereocenters. The Balaban J connectivity index is 1.42. The number of carbonyl (C=O) groups excluding carboxylic acids is 5. The number of fused-ring (bicyclic) bond motifs is 1. The van der Waals surface area contributed by atoms with Gasteiger partial charge in [0.05, 0.1) is 43.1 Å². The summed E-state index contributed by atoms with van der Waals surface area (Å²) >= 11 is 0. The van der Waals surface area contributed by atoms with Gasteiger partial charge in [0.1, 0.15) is 25.4 Å². The molecule has 0 unspecified atom stereocenters. The third-order valence-electron chi connectivity index (χ3n) is 10.8. The number of aliphatic carboxylic acids is 3. The molecule has 0 spiro atoms. The van der Waals surface area contributed by atoms with Gasteiger partial charge in [-0.25, -0.2) is 0 Å². The molecule has 1 aliphatic rings. The number of aromatic nitrogens is 2. The molecule has 25 heteroatoms. The van der Waals surface area contributed by atoms with Crippen molar-refractivity contribution in [2.45, 2.75) is 20.5 Å². The summed E-state index contributed by atoms with van der Waals surface area (Å²) in [5.74, 6) is -6.76. The standard InChI is InChI=1S/C47H56N8O17/c1-31(56)69-29-71-46(66)26-55(27-47(67)72-30-70-32(2)57)39-9-6-33(19-40(39)68-28-35-5-3-4-10-48-35)37-21-41(58)50-38-20-34(7-8-36(37)38)49-42(59)22-51-11-13-52(23-43(60)61)15-17-54(25-45(64)65)18-16-53(14-12-51)24-44(62)63/h3-10,19-21H,11-18,22-30H2,1-2H3,(H,49,59)(H,50,58)(H,60,61)(H,62,63)(H,64,65). The van der Waals surface area contributed by atoms with Gasteiger partial charge in [0.15, 0.2) is 0 Å². The Morgan fingerprint density at radius 1 is 0.653 bits per heavy atom. The number of hydrogen-bond donors (Lipinski definition) is 5. The van der Waals surface area contributed by atoms with Crippen LogP contribution in [0.2, 0.25) is 0 Å². The van der Waals surface area contributed by atoms with E-state index in [2.05, 4.69) is 15.3 Å². The number of ether oxygens (including phenoxy) is 5. The van der Waals surface area contributed by atoms with Gasteiger partial charge in [-0.15, -0.1) is 0 Å². The van der Waals surface area contributed by atoms with Gasteiger partial charge in [-0.1, -0.05) is 18.2 Å². The fourth-order valence-corrected chi connectivity index (χ4v) is 7.44. The van der Waals surface area contributed by atoms with Crippen LogP contribution in [0.3, 0.4) is 0 Å². The molecule has 0 saturated carbocycles. The summed E-state index contributed by atoms with van der Waals surface area (Å²) in [6.45, 7) is 0.253. The van der Waals surface area contributed by atoms with Crippen molar-refractivity contribution < 1.29 is 77.4 Å². The van der Waals surface area contributed by atoms with Crippen molar-refractivity contribution in [2.24, 2.45) is 0 Å². The largest absolute Gasteiger partial charge is 0.485 e. The first-order chi connectivity index (χ1) is 34.4. The predicted molar refractivity (Wildman–Crippen MR) is 254 cm³/mol. The molecule has 5 rings (SSSR count). The Labute approximate surface area is 411 Å². The summed E-state index contributed by atoms with van der Waals surface area (Å²) in [6.07, 6.45) is 1.57. The quantitative estimate of drug-likeness (QED) is 0.0529. The Bertz CT molecular complexity index is 2560. The van der Waals surface area contributed by atoms with Crippen molar-refractivity contribution in [3.8, 4) is 16.9 Å². The minimum Gasteiger partial charge on any atom is -0.485 e. The van der Waals surface area contributed by atoms with Gasteiger partial charge in [-0.2, -0.15) is 0 Å². The summed E-state index contributed by atoms with van der Waals surface area (Å²) in [6, 6.07) is 16.2. The lowest BCUT2D eigenvalue weighted by Crippen LogP contribution is -2.49. The molecule has 2 aromatic heterocycles. The summed E-state index contributed by atoms with van der Waals surface area (Å²) in [7, 11) is 0. The number of pyridine rings is 2. The van der Waals surface area contributed by atoms with Crippen LogP contribution in [0.25, 0.3) is 22.0 Å². The van der Waals surface area contributed by atoms with Gasteiger partial charge in [0, 0.05) is 89.5 Å². The van der Waals surface area contributed by atoms with Crippen LogP contribution in [0.1, 0.15) is 19.5 Å². The zero-order valence-corrected chi connectivity index (χ0v) is 39.6. The molecule has 72 heavy (non-hydrogen) atoms. The molecule has 1 aliphatic heterocycles. The van der Waals surface area contributed by atoms with Crippen LogP contribution in [0.5, 0.6) is 5.75 Å². The molecule has 3 heterocycles. The van der Waals surface area contributed by atoms with Gasteiger partial charge in [-0.3, -0.25) is 67.7 Å². The van der Waals surface area contributed by atoms with Crippen LogP contribution in [0.4, 0.5) is 11.4 Å². The number of rotatable bonds is 22. The van der Waals surface area contributed by atoms with Gasteiger partial charge in [0.25, 0.3) is 0 Å². The Kier molecular flexibility index (Phi) is 20.9. The van der Waals surface area contributed by atoms with Crippen LogP contribution < -0.4 is 20.5 Å². The molecule has 5 N–H and O–H groups in total. The highest BCUT2D eigenvalue weighted by Crippen LogP contribution is 2.36. The van der Waals surface area contributed by atoms with Gasteiger partial charge in [-0.05, 0) is 47.5 Å². The van der Waals surface area contributed by atoms with Crippen LogP contribution in [-0.4, -0.2) is 198 Å². The van der Waals surface area contributed by atoms with Crippen molar-refractivity contribution in [1.82, 2.24) is 29.6 Å². The predicted octanol–water partition coefficient (Wildman–Crippen LogP) is 0.517. The lowest BCUT2D eigenvalue weighted by atomic mass is 10.00. The highest BCUT2D eigenvalue weighted by molar-refractivity contribution is 5.99. The number of nitrogens with one attached hydrogen (secondary N) is 2. The van der Waals surface area contributed by atoms with E-state index in [9.17, 15) is 58.5 Å². The fourth-order valence-electron chi connectivity index (χ4n) is 7.44. The highest BCUT2D eigenvalue weighted by atomic mass is 16.7. The monoisotopic (exact) mass is 1000 g/mol.